The number of Topliss-reactive ketones (excluding diaryl/α,β-unsaturated/α-hetero) is 1. The fourth-order valence-electron chi connectivity index (χ4n) is 2.43. The summed E-state index contributed by atoms with van der Waals surface area (Å²) >= 11 is 5.47. The average molecular weight is 171 g/mol. The Labute approximate surface area is 71.4 Å². The third-order valence-corrected chi connectivity index (χ3v) is 3.13. The van der Waals surface area contributed by atoms with E-state index in [2.05, 4.69) is 0 Å². The maximum Gasteiger partial charge on any atom is 0.139 e. The second-order valence-corrected chi connectivity index (χ2v) is 3.75. The minimum Gasteiger partial charge on any atom is -0.299 e. The molecule has 2 rings (SSSR count). The fraction of sp³-hybridized carbons (Fsp3) is 0.667. The van der Waals surface area contributed by atoms with E-state index in [1.165, 1.54) is 0 Å². The Morgan fingerprint density at radius 2 is 2.27 bits per heavy atom. The third-order valence-electron chi connectivity index (χ3n) is 2.99. The van der Waals surface area contributed by atoms with Gasteiger partial charge in [-0.2, -0.15) is 0 Å². The molecule has 3 atom stereocenters. The highest BCUT2D eigenvalue weighted by molar-refractivity contribution is 6.25. The molecule has 0 aliphatic heterocycles. The van der Waals surface area contributed by atoms with E-state index in [9.17, 15) is 4.79 Å². The quantitative estimate of drug-likeness (QED) is 0.591. The predicted octanol–water partition coefficient (Wildman–Crippen LogP) is 2.35. The van der Waals surface area contributed by atoms with Crippen LogP contribution in [0.25, 0.3) is 0 Å². The number of hydrogen-bond donors (Lipinski definition) is 0. The molecule has 11 heavy (non-hydrogen) atoms. The van der Waals surface area contributed by atoms with Crippen LogP contribution in [0.3, 0.4) is 0 Å². The Morgan fingerprint density at radius 3 is 2.73 bits per heavy atom. The Bertz CT molecular complexity index is 210. The van der Waals surface area contributed by atoms with Crippen molar-refractivity contribution in [3.63, 3.8) is 0 Å². The van der Waals surface area contributed by atoms with Crippen LogP contribution >= 0.6 is 11.6 Å². The molecule has 0 N–H and O–H groups in total. The summed E-state index contributed by atoms with van der Waals surface area (Å²) in [5.41, 5.74) is 1.55. The van der Waals surface area contributed by atoms with Crippen LogP contribution in [0.1, 0.15) is 19.3 Å². The first kappa shape index (κ1) is 7.35. The van der Waals surface area contributed by atoms with Gasteiger partial charge in [-0.25, -0.2) is 0 Å². The second kappa shape index (κ2) is 2.63. The molecular formula is C9H11ClO. The second-order valence-electron chi connectivity index (χ2n) is 3.50. The molecule has 2 fully saturated rings. The summed E-state index contributed by atoms with van der Waals surface area (Å²) in [6, 6.07) is 0. The smallest absolute Gasteiger partial charge is 0.139 e. The molecule has 0 saturated heterocycles. The molecular weight excluding hydrogens is 160 g/mol. The zero-order valence-electron chi connectivity index (χ0n) is 6.29. The summed E-state index contributed by atoms with van der Waals surface area (Å²) in [6.45, 7) is 0. The molecule has 2 aliphatic carbocycles. The molecule has 2 aliphatic rings. The van der Waals surface area contributed by atoms with Gasteiger partial charge in [0.05, 0.1) is 0 Å². The largest absolute Gasteiger partial charge is 0.299 e. The zero-order valence-corrected chi connectivity index (χ0v) is 7.05. The molecule has 0 spiro atoms. The Hall–Kier alpha value is -0.300. The lowest BCUT2D eigenvalue weighted by Crippen LogP contribution is -2.09. The first-order valence-corrected chi connectivity index (χ1v) is 4.57. The van der Waals surface area contributed by atoms with Gasteiger partial charge in [0, 0.05) is 17.4 Å². The maximum absolute atomic E-state index is 11.4. The van der Waals surface area contributed by atoms with Crippen LogP contribution in [0.2, 0.25) is 0 Å². The van der Waals surface area contributed by atoms with E-state index >= 15 is 0 Å². The predicted molar refractivity (Wildman–Crippen MR) is 44.3 cm³/mol. The van der Waals surface area contributed by atoms with Gasteiger partial charge in [-0.05, 0) is 25.2 Å². The summed E-state index contributed by atoms with van der Waals surface area (Å²) in [7, 11) is 0. The third kappa shape index (κ3) is 1.02. The molecule has 0 unspecified atom stereocenters. The highest BCUT2D eigenvalue weighted by atomic mass is 35.5. The van der Waals surface area contributed by atoms with Gasteiger partial charge in [-0.15, -0.1) is 0 Å². The first-order valence-electron chi connectivity index (χ1n) is 4.13. The lowest BCUT2D eigenvalue weighted by Gasteiger charge is -2.14. The number of fused-ring (bicyclic) bond motifs is 2. The number of allylic oxidation sites excluding steroid dienone is 1. The maximum atomic E-state index is 11.4. The highest BCUT2D eigenvalue weighted by Gasteiger charge is 2.45. The molecule has 0 heterocycles. The van der Waals surface area contributed by atoms with Crippen LogP contribution in [-0.2, 0) is 4.79 Å². The van der Waals surface area contributed by atoms with Gasteiger partial charge in [0.15, 0.2) is 0 Å². The lowest BCUT2D eigenvalue weighted by molar-refractivity contribution is -0.121. The fourth-order valence-corrected chi connectivity index (χ4v) is 2.61. The van der Waals surface area contributed by atoms with E-state index < -0.39 is 0 Å². The highest BCUT2D eigenvalue weighted by Crippen LogP contribution is 2.46. The van der Waals surface area contributed by atoms with Crippen molar-refractivity contribution in [2.75, 3.05) is 0 Å². The number of hydrogen-bond acceptors (Lipinski definition) is 1. The van der Waals surface area contributed by atoms with Crippen LogP contribution in [-0.4, -0.2) is 5.78 Å². The molecule has 2 saturated carbocycles. The van der Waals surface area contributed by atoms with Crippen LogP contribution in [0, 0.1) is 17.8 Å². The van der Waals surface area contributed by atoms with Crippen molar-refractivity contribution in [1.29, 1.82) is 0 Å². The van der Waals surface area contributed by atoms with E-state index in [1.54, 1.807) is 5.54 Å². The van der Waals surface area contributed by atoms with E-state index in [4.69, 9.17) is 11.6 Å². The Morgan fingerprint density at radius 1 is 1.45 bits per heavy atom. The first-order chi connectivity index (χ1) is 5.33. The average Bonchev–Trinajstić information content (AvgIpc) is 2.47. The molecule has 0 amide bonds. The normalized spacial score (nSPS) is 42.6. The van der Waals surface area contributed by atoms with Crippen LogP contribution in [0.15, 0.2) is 11.6 Å². The summed E-state index contributed by atoms with van der Waals surface area (Å²) in [5.74, 6) is 1.64. The molecule has 2 heteroatoms. The number of ketones is 1. The summed E-state index contributed by atoms with van der Waals surface area (Å²) in [5, 5.41) is 0. The molecule has 1 nitrogen and oxygen atoms in total. The van der Waals surface area contributed by atoms with Gasteiger partial charge in [0.2, 0.25) is 0 Å². The minimum atomic E-state index is 0.315. The summed E-state index contributed by atoms with van der Waals surface area (Å²) in [6.07, 6.45) is 5.24. The molecule has 0 aromatic heterocycles. The summed E-state index contributed by atoms with van der Waals surface area (Å²) in [4.78, 5) is 11.4. The summed E-state index contributed by atoms with van der Waals surface area (Å²) < 4.78 is 0. The molecule has 0 aromatic carbocycles. The van der Waals surface area contributed by atoms with E-state index in [1.807, 2.05) is 6.08 Å². The monoisotopic (exact) mass is 170 g/mol. The van der Waals surface area contributed by atoms with Gasteiger partial charge in [-0.1, -0.05) is 17.7 Å². The molecule has 0 radical (unpaired) electrons. The Kier molecular flexibility index (Phi) is 1.76. The van der Waals surface area contributed by atoms with E-state index in [0.717, 1.165) is 19.3 Å². The lowest BCUT2D eigenvalue weighted by atomic mass is 9.89. The van der Waals surface area contributed by atoms with Crippen LogP contribution < -0.4 is 0 Å². The Balaban J connectivity index is 2.14. The number of rotatable bonds is 1. The number of halogens is 1. The molecule has 0 aromatic rings. The number of carbonyl (C=O) groups excluding carboxylic acids is 1. The van der Waals surface area contributed by atoms with Gasteiger partial charge >= 0.3 is 0 Å². The van der Waals surface area contributed by atoms with Gasteiger partial charge in [0.1, 0.15) is 5.78 Å². The molecule has 60 valence electrons. The van der Waals surface area contributed by atoms with E-state index in [0.29, 0.717) is 23.5 Å². The minimum absolute atomic E-state index is 0.315. The van der Waals surface area contributed by atoms with Crippen molar-refractivity contribution < 1.29 is 4.79 Å². The topological polar surface area (TPSA) is 17.1 Å². The van der Waals surface area contributed by atoms with Crippen molar-refractivity contribution in [3.05, 3.63) is 11.6 Å². The van der Waals surface area contributed by atoms with Crippen LogP contribution in [0.4, 0.5) is 0 Å². The van der Waals surface area contributed by atoms with Crippen molar-refractivity contribution in [2.45, 2.75) is 19.3 Å². The van der Waals surface area contributed by atoms with Gasteiger partial charge in [0.25, 0.3) is 0 Å². The van der Waals surface area contributed by atoms with Crippen molar-refractivity contribution in [2.24, 2.45) is 17.8 Å². The van der Waals surface area contributed by atoms with Crippen molar-refractivity contribution in [1.82, 2.24) is 0 Å². The van der Waals surface area contributed by atoms with Crippen molar-refractivity contribution >= 4 is 17.4 Å². The van der Waals surface area contributed by atoms with E-state index in [-0.39, 0.29) is 0 Å². The van der Waals surface area contributed by atoms with Gasteiger partial charge in [-0.3, -0.25) is 4.79 Å². The zero-order chi connectivity index (χ0) is 7.84. The standard InChI is InChI=1S/C9H11ClO/c10-4-3-6-5-7-1-2-8(6)9(7)11/h3-4,6-8H,1-2,5H2/b4-3+/t6-,7+,8-/m0/s1. The van der Waals surface area contributed by atoms with Gasteiger partial charge < -0.3 is 0 Å². The SMILES string of the molecule is O=C1[C@@H]2CC[C@H]1[C@@H](/C=C/Cl)C2. The van der Waals surface area contributed by atoms with Crippen molar-refractivity contribution in [3.8, 4) is 0 Å². The molecule has 2 bridgehead atoms. The van der Waals surface area contributed by atoms with Crippen LogP contribution in [0.5, 0.6) is 0 Å². The number of carbonyl (C=O) groups is 1.